The Hall–Kier alpha value is -2.88. The molecule has 2 N–H and O–H groups in total. The van der Waals surface area contributed by atoms with Gasteiger partial charge in [0.1, 0.15) is 12.2 Å². The molecule has 0 bridgehead atoms. The van der Waals surface area contributed by atoms with Crippen LogP contribution in [0.2, 0.25) is 6.32 Å². The number of hydrogen-bond donors (Lipinski definition) is 2. The van der Waals surface area contributed by atoms with E-state index in [-0.39, 0.29) is 19.7 Å². The second kappa shape index (κ2) is 14.3. The molecule has 14 nitrogen and oxygen atoms in total. The molecule has 3 rings (SSSR count). The van der Waals surface area contributed by atoms with E-state index in [4.69, 9.17) is 18.8 Å². The third-order valence-corrected chi connectivity index (χ3v) is 9.90. The summed E-state index contributed by atoms with van der Waals surface area (Å²) in [5, 5.41) is 6.46. The van der Waals surface area contributed by atoms with Gasteiger partial charge >= 0.3 is 19.2 Å². The monoisotopic (exact) mass is 650 g/mol. The number of carbonyl (C=O) groups excluding carboxylic acids is 2. The van der Waals surface area contributed by atoms with Crippen molar-refractivity contribution in [3.8, 4) is 0 Å². The van der Waals surface area contributed by atoms with E-state index in [0.29, 0.717) is 19.2 Å². The molecular weight excluding hydrogens is 603 g/mol. The van der Waals surface area contributed by atoms with Gasteiger partial charge in [0.15, 0.2) is 5.54 Å². The van der Waals surface area contributed by atoms with E-state index < -0.39 is 70.2 Å². The molecule has 1 aromatic carbocycles. The molecule has 1 unspecified atom stereocenters. The molecule has 1 amide bonds. The summed E-state index contributed by atoms with van der Waals surface area (Å²) in [7, 11) is -4.66. The molecule has 0 aromatic heterocycles. The lowest BCUT2D eigenvalue weighted by atomic mass is 9.78. The van der Waals surface area contributed by atoms with Crippen LogP contribution in [0.4, 0.5) is 4.79 Å². The third-order valence-electron chi connectivity index (χ3n) is 8.24. The van der Waals surface area contributed by atoms with Crippen molar-refractivity contribution in [3.63, 3.8) is 0 Å². The van der Waals surface area contributed by atoms with E-state index in [9.17, 15) is 23.5 Å². The summed E-state index contributed by atoms with van der Waals surface area (Å²) in [6.07, 6.45) is 0.659. The molecular formula is C29H47BN6O8S. The van der Waals surface area contributed by atoms with Crippen LogP contribution in [0.15, 0.2) is 35.4 Å². The van der Waals surface area contributed by atoms with Crippen molar-refractivity contribution in [3.05, 3.63) is 46.3 Å². The lowest BCUT2D eigenvalue weighted by Gasteiger charge is -2.32. The van der Waals surface area contributed by atoms with E-state index >= 15 is 0 Å². The number of hydrogen-bond acceptors (Lipinski definition) is 9. The number of alkyl carbamates (subject to hydrolysis) is 1. The minimum atomic E-state index is -4.19. The predicted molar refractivity (Wildman–Crippen MR) is 169 cm³/mol. The first-order valence-electron chi connectivity index (χ1n) is 15.2. The topological polar surface area (TPSA) is 181 Å². The predicted octanol–water partition coefficient (Wildman–Crippen LogP) is 4.33. The average molecular weight is 651 g/mol. The molecule has 0 aliphatic carbocycles. The highest BCUT2D eigenvalue weighted by Gasteiger charge is 2.56. The first-order chi connectivity index (χ1) is 20.8. The number of nitrogens with zero attached hydrogens (tertiary/aromatic N) is 4. The van der Waals surface area contributed by atoms with E-state index in [2.05, 4.69) is 20.1 Å². The summed E-state index contributed by atoms with van der Waals surface area (Å²) in [6.45, 7) is 14.0. The van der Waals surface area contributed by atoms with Gasteiger partial charge < -0.3 is 24.1 Å². The van der Waals surface area contributed by atoms with Gasteiger partial charge in [-0.1, -0.05) is 41.9 Å². The summed E-state index contributed by atoms with van der Waals surface area (Å²) in [5.74, 6) is -1.49. The van der Waals surface area contributed by atoms with E-state index in [1.807, 2.05) is 33.8 Å². The second-order valence-corrected chi connectivity index (χ2v) is 15.4. The molecule has 45 heavy (non-hydrogen) atoms. The Bertz CT molecular complexity index is 1330. The summed E-state index contributed by atoms with van der Waals surface area (Å²) in [4.78, 5) is 28.7. The van der Waals surface area contributed by atoms with Gasteiger partial charge in [0.2, 0.25) is 0 Å². The van der Waals surface area contributed by atoms with Crippen LogP contribution in [0.3, 0.4) is 0 Å². The highest BCUT2D eigenvalue weighted by Crippen LogP contribution is 2.41. The number of benzene rings is 1. The zero-order chi connectivity index (χ0) is 33.7. The average Bonchev–Trinajstić information content (AvgIpc) is 3.39. The quantitative estimate of drug-likeness (QED) is 0.104. The Kier molecular flexibility index (Phi) is 11.6. The molecule has 0 spiro atoms. The van der Waals surface area contributed by atoms with Crippen molar-refractivity contribution in [1.29, 1.82) is 0 Å². The fraction of sp³-hybridized carbons (Fsp3) is 0.724. The van der Waals surface area contributed by atoms with Crippen LogP contribution in [-0.4, -0.2) is 79.9 Å². The summed E-state index contributed by atoms with van der Waals surface area (Å²) in [5.41, 5.74) is 6.78. The zero-order valence-corrected chi connectivity index (χ0v) is 28.3. The van der Waals surface area contributed by atoms with Crippen molar-refractivity contribution in [2.45, 2.75) is 110 Å². The fourth-order valence-corrected chi connectivity index (χ4v) is 6.70. The molecule has 16 heteroatoms. The zero-order valence-electron chi connectivity index (χ0n) is 27.5. The molecule has 0 radical (unpaired) electrons. The smallest absolute Gasteiger partial charge is 0.457 e. The van der Waals surface area contributed by atoms with E-state index in [1.165, 1.54) is 0 Å². The van der Waals surface area contributed by atoms with Crippen LogP contribution in [0.25, 0.3) is 10.4 Å². The molecule has 0 saturated carbocycles. The van der Waals surface area contributed by atoms with Crippen molar-refractivity contribution in [2.24, 2.45) is 11.0 Å². The number of nitrogens with one attached hydrogen (secondary N) is 2. The number of carbonyl (C=O) groups is 2. The fourth-order valence-electron chi connectivity index (χ4n) is 5.22. The Balaban J connectivity index is 1.76. The normalized spacial score (nSPS) is 23.6. The maximum Gasteiger partial charge on any atom is 0.457 e. The highest BCUT2D eigenvalue weighted by atomic mass is 32.2. The minimum absolute atomic E-state index is 0.0416. The van der Waals surface area contributed by atoms with Gasteiger partial charge in [-0.15, -0.1) is 0 Å². The minimum Gasteiger partial charge on any atom is -0.460 e. The van der Waals surface area contributed by atoms with Crippen LogP contribution >= 0.6 is 0 Å². The maximum atomic E-state index is 13.7. The number of esters is 1. The molecule has 1 aromatic rings. The molecule has 2 aliphatic rings. The van der Waals surface area contributed by atoms with Gasteiger partial charge in [0, 0.05) is 30.6 Å². The van der Waals surface area contributed by atoms with Crippen molar-refractivity contribution < 1.29 is 36.8 Å². The largest absolute Gasteiger partial charge is 0.460 e. The Labute approximate surface area is 266 Å². The first-order valence-corrected chi connectivity index (χ1v) is 16.6. The molecule has 2 heterocycles. The number of amides is 1. The van der Waals surface area contributed by atoms with Crippen LogP contribution in [-0.2, 0) is 40.4 Å². The van der Waals surface area contributed by atoms with Crippen LogP contribution < -0.4 is 10.0 Å². The van der Waals surface area contributed by atoms with Gasteiger partial charge in [-0.05, 0) is 85.1 Å². The lowest BCUT2D eigenvalue weighted by molar-refractivity contribution is -0.152. The molecule has 3 atom stereocenters. The molecule has 2 fully saturated rings. The van der Waals surface area contributed by atoms with Crippen molar-refractivity contribution in [2.75, 3.05) is 19.6 Å². The number of azide groups is 1. The summed E-state index contributed by atoms with van der Waals surface area (Å²) in [6, 6.07) is 8.30. The SMILES string of the molecule is C[C@H](CNC(=O)OC(C)(C)C)NS(=O)(=O)N1C[C@H](CCCB2OC(C)(C)C(C)(C)O2)C(N=[N+]=[N-])(C(=O)OCc2ccccc2)C1. The van der Waals surface area contributed by atoms with Gasteiger partial charge in [0.05, 0.1) is 11.2 Å². The number of ether oxygens (including phenoxy) is 2. The Morgan fingerprint density at radius 1 is 1.18 bits per heavy atom. The van der Waals surface area contributed by atoms with Crippen LogP contribution in [0.1, 0.15) is 73.8 Å². The molecule has 2 aliphatic heterocycles. The molecule has 250 valence electrons. The highest BCUT2D eigenvalue weighted by molar-refractivity contribution is 7.87. The standard InChI is InChI=1S/C29H47BN6O8S/c1-21(17-32-25(38)42-26(2,3)4)33-45(39,40)36-18-23(15-12-16-30-43-27(5,6)28(7,8)44-30)29(20-36,34-35-31)24(37)41-19-22-13-10-9-11-14-22/h9-11,13-14,21,23,33H,12,15-20H2,1-8H3,(H,32,38)/t21-,23+,29?/m1/s1. The van der Waals surface area contributed by atoms with Gasteiger partial charge in [0.25, 0.3) is 10.2 Å². The van der Waals surface area contributed by atoms with Crippen LogP contribution in [0.5, 0.6) is 0 Å². The first kappa shape index (κ1) is 36.6. The summed E-state index contributed by atoms with van der Waals surface area (Å²) < 4.78 is 53.7. The second-order valence-electron chi connectivity index (χ2n) is 13.7. The Morgan fingerprint density at radius 2 is 1.80 bits per heavy atom. The third kappa shape index (κ3) is 9.57. The number of rotatable bonds is 13. The Morgan fingerprint density at radius 3 is 2.38 bits per heavy atom. The summed E-state index contributed by atoms with van der Waals surface area (Å²) >= 11 is 0. The van der Waals surface area contributed by atoms with Crippen molar-refractivity contribution >= 4 is 29.4 Å². The van der Waals surface area contributed by atoms with Crippen molar-refractivity contribution in [1.82, 2.24) is 14.3 Å². The van der Waals surface area contributed by atoms with Gasteiger partial charge in [-0.3, -0.25) is 4.79 Å². The maximum absolute atomic E-state index is 13.7. The molecule has 2 saturated heterocycles. The lowest BCUT2D eigenvalue weighted by Crippen LogP contribution is -2.50. The van der Waals surface area contributed by atoms with Crippen LogP contribution in [0, 0.1) is 5.92 Å². The van der Waals surface area contributed by atoms with E-state index in [1.54, 1.807) is 52.0 Å². The van der Waals surface area contributed by atoms with Gasteiger partial charge in [-0.2, -0.15) is 17.4 Å². The van der Waals surface area contributed by atoms with E-state index in [0.717, 1.165) is 9.87 Å². The van der Waals surface area contributed by atoms with Gasteiger partial charge in [-0.25, -0.2) is 4.79 Å².